The van der Waals surface area contributed by atoms with Gasteiger partial charge in [0.1, 0.15) is 6.23 Å². The van der Waals surface area contributed by atoms with Crippen molar-refractivity contribution < 1.29 is 9.13 Å². The van der Waals surface area contributed by atoms with E-state index in [1.807, 2.05) is 19.9 Å². The summed E-state index contributed by atoms with van der Waals surface area (Å²) in [5.74, 6) is 0.406. The van der Waals surface area contributed by atoms with E-state index in [-0.39, 0.29) is 6.23 Å². The van der Waals surface area contributed by atoms with E-state index in [1.54, 1.807) is 10.9 Å². The maximum absolute atomic E-state index is 13.6. The Morgan fingerprint density at radius 1 is 1.55 bits per heavy atom. The summed E-state index contributed by atoms with van der Waals surface area (Å²) in [6.07, 6.45) is 3.64. The number of nitrogens with zero attached hydrogens (tertiary/aromatic N) is 4. The van der Waals surface area contributed by atoms with Crippen LogP contribution in [-0.2, 0) is 4.74 Å². The molecule has 2 aromatic heterocycles. The molecule has 3 heterocycles. The number of fused-ring (bicyclic) bond motifs is 1. The van der Waals surface area contributed by atoms with E-state index in [2.05, 4.69) is 20.3 Å². The van der Waals surface area contributed by atoms with Crippen LogP contribution in [0.4, 0.5) is 10.2 Å². The molecule has 0 saturated carbocycles. The zero-order valence-electron chi connectivity index (χ0n) is 11.4. The molecule has 0 amide bonds. The molecule has 0 aromatic carbocycles. The number of hydrogen-bond acceptors (Lipinski definition) is 5. The number of imidazole rings is 1. The maximum Gasteiger partial charge on any atom is 0.312 e. The van der Waals surface area contributed by atoms with Crippen molar-refractivity contribution in [1.82, 2.24) is 19.5 Å². The molecular weight excluding hydrogens is 261 g/mol. The molecule has 1 aliphatic rings. The van der Waals surface area contributed by atoms with Crippen molar-refractivity contribution in [3.05, 3.63) is 24.1 Å². The zero-order valence-corrected chi connectivity index (χ0v) is 11.4. The average molecular weight is 277 g/mol. The van der Waals surface area contributed by atoms with E-state index in [0.717, 1.165) is 6.42 Å². The second kappa shape index (κ2) is 5.16. The van der Waals surface area contributed by atoms with Crippen LogP contribution in [-0.4, -0.2) is 32.7 Å². The minimum absolute atomic E-state index is 0.0973. The summed E-state index contributed by atoms with van der Waals surface area (Å²) in [6, 6.07) is 0. The number of aromatic nitrogens is 4. The van der Waals surface area contributed by atoms with E-state index in [1.165, 1.54) is 5.57 Å². The lowest BCUT2D eigenvalue weighted by molar-refractivity contribution is -0.0974. The summed E-state index contributed by atoms with van der Waals surface area (Å²) in [4.78, 5) is 11.9. The van der Waals surface area contributed by atoms with Gasteiger partial charge in [-0.2, -0.15) is 14.4 Å². The fraction of sp³-hybridized carbons (Fsp3) is 0.462. The fourth-order valence-electron chi connectivity index (χ4n) is 2.02. The predicted octanol–water partition coefficient (Wildman–Crippen LogP) is 2.26. The molecule has 7 heteroatoms. The van der Waals surface area contributed by atoms with Gasteiger partial charge in [-0.3, -0.25) is 4.57 Å². The van der Waals surface area contributed by atoms with E-state index in [0.29, 0.717) is 30.1 Å². The van der Waals surface area contributed by atoms with Crippen LogP contribution in [0.1, 0.15) is 26.5 Å². The minimum Gasteiger partial charge on any atom is -0.365 e. The second-order valence-corrected chi connectivity index (χ2v) is 4.94. The fourth-order valence-corrected chi connectivity index (χ4v) is 2.02. The van der Waals surface area contributed by atoms with Gasteiger partial charge in [0, 0.05) is 13.0 Å². The number of rotatable bonds is 4. The average Bonchev–Trinajstić information content (AvgIpc) is 2.70. The molecule has 1 fully saturated rings. The third-order valence-electron chi connectivity index (χ3n) is 3.16. The van der Waals surface area contributed by atoms with Crippen LogP contribution in [0.25, 0.3) is 11.2 Å². The number of ether oxygens (including phenoxy) is 1. The van der Waals surface area contributed by atoms with Crippen LogP contribution in [0.15, 0.2) is 18.0 Å². The quantitative estimate of drug-likeness (QED) is 0.686. The molecular formula is C13H16FN5O. The zero-order chi connectivity index (χ0) is 14.1. The van der Waals surface area contributed by atoms with Crippen molar-refractivity contribution in [3.63, 3.8) is 0 Å². The molecule has 2 aromatic rings. The summed E-state index contributed by atoms with van der Waals surface area (Å²) >= 11 is 0. The van der Waals surface area contributed by atoms with Crippen LogP contribution in [0, 0.1) is 6.08 Å². The van der Waals surface area contributed by atoms with E-state index in [4.69, 9.17) is 4.74 Å². The summed E-state index contributed by atoms with van der Waals surface area (Å²) < 4.78 is 20.7. The largest absolute Gasteiger partial charge is 0.365 e. The van der Waals surface area contributed by atoms with E-state index < -0.39 is 6.08 Å². The molecule has 0 bridgehead atoms. The normalized spacial score (nSPS) is 17.9. The second-order valence-electron chi connectivity index (χ2n) is 4.94. The number of halogens is 1. The molecule has 1 N–H and O–H groups in total. The molecule has 6 nitrogen and oxygen atoms in total. The Hall–Kier alpha value is -2.02. The topological polar surface area (TPSA) is 64.9 Å². The van der Waals surface area contributed by atoms with Gasteiger partial charge in [0.15, 0.2) is 17.0 Å². The number of nitrogens with one attached hydrogen (secondary N) is 1. The van der Waals surface area contributed by atoms with Crippen molar-refractivity contribution in [3.8, 4) is 0 Å². The number of allylic oxidation sites excluding steroid dienone is 1. The first-order valence-electron chi connectivity index (χ1n) is 6.54. The van der Waals surface area contributed by atoms with Gasteiger partial charge >= 0.3 is 6.08 Å². The Balaban J connectivity index is 1.95. The predicted molar refractivity (Wildman–Crippen MR) is 72.8 cm³/mol. The van der Waals surface area contributed by atoms with Crippen molar-refractivity contribution in [2.45, 2.75) is 26.5 Å². The van der Waals surface area contributed by atoms with Gasteiger partial charge < -0.3 is 10.1 Å². The highest BCUT2D eigenvalue weighted by Gasteiger charge is 2.24. The molecule has 0 aliphatic carbocycles. The Bertz CT molecular complexity index is 658. The van der Waals surface area contributed by atoms with Crippen molar-refractivity contribution >= 4 is 17.0 Å². The molecule has 0 spiro atoms. The molecule has 106 valence electrons. The molecule has 20 heavy (non-hydrogen) atoms. The van der Waals surface area contributed by atoms with Gasteiger partial charge in [-0.1, -0.05) is 11.6 Å². The maximum atomic E-state index is 13.6. The highest BCUT2D eigenvalue weighted by atomic mass is 19.1. The summed E-state index contributed by atoms with van der Waals surface area (Å²) in [5, 5.41) is 3.06. The molecule has 1 unspecified atom stereocenters. The Morgan fingerprint density at radius 3 is 3.00 bits per heavy atom. The summed E-state index contributed by atoms with van der Waals surface area (Å²) in [6.45, 7) is 5.28. The van der Waals surface area contributed by atoms with Crippen LogP contribution in [0.5, 0.6) is 0 Å². The van der Waals surface area contributed by atoms with Gasteiger partial charge in [0.05, 0.1) is 12.9 Å². The lowest BCUT2D eigenvalue weighted by atomic mass is 10.3. The minimum atomic E-state index is -0.765. The molecule has 0 radical (unpaired) electrons. The standard InChI is InChI=1S/C13H16FN5O/c1-8(2)3-5-15-11-10-12(18-13(14)17-11)19(7-16-10)9-4-6-20-9/h3,7,9H,4-6H2,1-2H3,(H,15,17,18). The third-order valence-corrected chi connectivity index (χ3v) is 3.16. The highest BCUT2D eigenvalue weighted by Crippen LogP contribution is 2.28. The lowest BCUT2D eigenvalue weighted by Crippen LogP contribution is -2.24. The first-order valence-corrected chi connectivity index (χ1v) is 6.54. The Kier molecular flexibility index (Phi) is 3.35. The van der Waals surface area contributed by atoms with Gasteiger partial charge in [0.2, 0.25) is 0 Å². The summed E-state index contributed by atoms with van der Waals surface area (Å²) in [7, 11) is 0. The van der Waals surface area contributed by atoms with Gasteiger partial charge in [-0.15, -0.1) is 0 Å². The van der Waals surface area contributed by atoms with Crippen LogP contribution in [0.2, 0.25) is 0 Å². The first-order chi connectivity index (χ1) is 9.65. The van der Waals surface area contributed by atoms with Crippen LogP contribution >= 0.6 is 0 Å². The monoisotopic (exact) mass is 277 g/mol. The highest BCUT2D eigenvalue weighted by molar-refractivity contribution is 5.82. The first kappa shape index (κ1) is 13.0. The van der Waals surface area contributed by atoms with Crippen LogP contribution in [0.3, 0.4) is 0 Å². The van der Waals surface area contributed by atoms with Gasteiger partial charge in [-0.05, 0) is 13.8 Å². The number of anilines is 1. The van der Waals surface area contributed by atoms with E-state index in [9.17, 15) is 4.39 Å². The van der Waals surface area contributed by atoms with Gasteiger partial charge in [-0.25, -0.2) is 4.98 Å². The Morgan fingerprint density at radius 2 is 2.35 bits per heavy atom. The van der Waals surface area contributed by atoms with E-state index >= 15 is 0 Å². The lowest BCUT2D eigenvalue weighted by Gasteiger charge is -2.27. The SMILES string of the molecule is CC(C)=CCNc1nc(F)nc2c1ncn2C1CCO1. The smallest absolute Gasteiger partial charge is 0.312 e. The van der Waals surface area contributed by atoms with Crippen molar-refractivity contribution in [2.24, 2.45) is 0 Å². The van der Waals surface area contributed by atoms with Crippen molar-refractivity contribution in [2.75, 3.05) is 18.5 Å². The third kappa shape index (κ3) is 2.36. The summed E-state index contributed by atoms with van der Waals surface area (Å²) in [5.41, 5.74) is 2.20. The van der Waals surface area contributed by atoms with Gasteiger partial charge in [0.25, 0.3) is 0 Å². The molecule has 3 rings (SSSR count). The molecule has 1 aliphatic heterocycles. The molecule has 1 saturated heterocycles. The number of hydrogen-bond donors (Lipinski definition) is 1. The molecule has 1 atom stereocenters. The van der Waals surface area contributed by atoms with Crippen molar-refractivity contribution in [1.29, 1.82) is 0 Å². The van der Waals surface area contributed by atoms with Crippen LogP contribution < -0.4 is 5.32 Å². The Labute approximate surface area is 115 Å².